The molecule has 18 heavy (non-hydrogen) atoms. The van der Waals surface area contributed by atoms with Crippen molar-refractivity contribution < 1.29 is 0 Å². The second-order valence-electron chi connectivity index (χ2n) is 5.70. The van der Waals surface area contributed by atoms with Crippen LogP contribution in [0, 0.1) is 11.8 Å². The molecule has 0 spiro atoms. The van der Waals surface area contributed by atoms with Crippen LogP contribution in [0.25, 0.3) is 0 Å². The Labute approximate surface area is 109 Å². The van der Waals surface area contributed by atoms with Crippen molar-refractivity contribution in [3.63, 3.8) is 0 Å². The standard InChI is InChI=1S/C13H23N5/c1-8(2)11-15-12(14)17-13(16-11)18-6-5-9(3)10(4)7-18/h8-10H,5-7H2,1-4H3,(H2,14,15,16,17). The molecule has 2 atom stereocenters. The minimum absolute atomic E-state index is 0.273. The van der Waals surface area contributed by atoms with Crippen LogP contribution >= 0.6 is 0 Å². The Kier molecular flexibility index (Phi) is 3.68. The topological polar surface area (TPSA) is 67.9 Å². The SMILES string of the molecule is CC(C)c1nc(N)nc(N2CCC(C)C(C)C2)n1. The van der Waals surface area contributed by atoms with Gasteiger partial charge in [0.1, 0.15) is 5.82 Å². The molecule has 0 radical (unpaired) electrons. The van der Waals surface area contributed by atoms with E-state index in [0.29, 0.717) is 11.9 Å². The van der Waals surface area contributed by atoms with Crippen molar-refractivity contribution in [3.05, 3.63) is 5.82 Å². The number of hydrogen-bond acceptors (Lipinski definition) is 5. The largest absolute Gasteiger partial charge is 0.368 e. The van der Waals surface area contributed by atoms with Crippen LogP contribution in [0.2, 0.25) is 0 Å². The molecule has 100 valence electrons. The summed E-state index contributed by atoms with van der Waals surface area (Å²) in [5.41, 5.74) is 5.78. The van der Waals surface area contributed by atoms with Crippen molar-refractivity contribution >= 4 is 11.9 Å². The van der Waals surface area contributed by atoms with Gasteiger partial charge in [0.25, 0.3) is 0 Å². The average Bonchev–Trinajstić information content (AvgIpc) is 2.31. The number of aromatic nitrogens is 3. The lowest BCUT2D eigenvalue weighted by molar-refractivity contribution is 0.321. The summed E-state index contributed by atoms with van der Waals surface area (Å²) in [7, 11) is 0. The molecule has 1 aliphatic rings. The van der Waals surface area contributed by atoms with Gasteiger partial charge in [0.2, 0.25) is 11.9 Å². The van der Waals surface area contributed by atoms with Crippen LogP contribution in [0.1, 0.15) is 45.9 Å². The van der Waals surface area contributed by atoms with Crippen LogP contribution < -0.4 is 10.6 Å². The molecule has 5 nitrogen and oxygen atoms in total. The molecule has 2 heterocycles. The first-order valence-corrected chi connectivity index (χ1v) is 6.73. The molecular weight excluding hydrogens is 226 g/mol. The normalized spacial score (nSPS) is 24.6. The Bertz CT molecular complexity index is 418. The highest BCUT2D eigenvalue weighted by molar-refractivity contribution is 5.35. The molecule has 2 N–H and O–H groups in total. The second-order valence-corrected chi connectivity index (χ2v) is 5.70. The Morgan fingerprint density at radius 3 is 2.50 bits per heavy atom. The Balaban J connectivity index is 2.23. The van der Waals surface area contributed by atoms with Crippen molar-refractivity contribution in [1.29, 1.82) is 0 Å². The summed E-state index contributed by atoms with van der Waals surface area (Å²) >= 11 is 0. The summed E-state index contributed by atoms with van der Waals surface area (Å²) in [6.07, 6.45) is 1.18. The second kappa shape index (κ2) is 5.08. The zero-order valence-electron chi connectivity index (χ0n) is 11.7. The maximum Gasteiger partial charge on any atom is 0.230 e. The van der Waals surface area contributed by atoms with Gasteiger partial charge in [-0.1, -0.05) is 27.7 Å². The fourth-order valence-electron chi connectivity index (χ4n) is 2.24. The van der Waals surface area contributed by atoms with Crippen molar-refractivity contribution in [2.75, 3.05) is 23.7 Å². The predicted molar refractivity (Wildman–Crippen MR) is 73.5 cm³/mol. The van der Waals surface area contributed by atoms with E-state index in [-0.39, 0.29) is 5.92 Å². The van der Waals surface area contributed by atoms with Gasteiger partial charge in [-0.2, -0.15) is 15.0 Å². The molecule has 0 saturated carbocycles. The van der Waals surface area contributed by atoms with Crippen LogP contribution in [-0.2, 0) is 0 Å². The van der Waals surface area contributed by atoms with E-state index >= 15 is 0 Å². The van der Waals surface area contributed by atoms with E-state index in [2.05, 4.69) is 47.5 Å². The summed E-state index contributed by atoms with van der Waals surface area (Å²) in [6, 6.07) is 0. The van der Waals surface area contributed by atoms with E-state index < -0.39 is 0 Å². The molecule has 1 fully saturated rings. The van der Waals surface area contributed by atoms with Gasteiger partial charge in [-0.15, -0.1) is 0 Å². The number of nitrogens with two attached hydrogens (primary N) is 1. The lowest BCUT2D eigenvalue weighted by atomic mass is 9.89. The third-order valence-electron chi connectivity index (χ3n) is 3.79. The number of anilines is 2. The minimum atomic E-state index is 0.273. The minimum Gasteiger partial charge on any atom is -0.368 e. The number of hydrogen-bond donors (Lipinski definition) is 1. The van der Waals surface area contributed by atoms with Crippen LogP contribution in [0.3, 0.4) is 0 Å². The first-order valence-electron chi connectivity index (χ1n) is 6.73. The van der Waals surface area contributed by atoms with Gasteiger partial charge in [-0.3, -0.25) is 0 Å². The first-order chi connectivity index (χ1) is 8.47. The molecule has 1 aliphatic heterocycles. The molecule has 1 aromatic rings. The monoisotopic (exact) mass is 249 g/mol. The van der Waals surface area contributed by atoms with E-state index in [1.807, 2.05) is 0 Å². The Morgan fingerprint density at radius 2 is 1.89 bits per heavy atom. The molecule has 2 unspecified atom stereocenters. The zero-order chi connectivity index (χ0) is 13.3. The number of nitrogen functional groups attached to an aromatic ring is 1. The summed E-state index contributed by atoms with van der Waals surface area (Å²) in [6.45, 7) is 10.7. The highest BCUT2D eigenvalue weighted by atomic mass is 15.3. The number of nitrogens with zero attached hydrogens (tertiary/aromatic N) is 4. The van der Waals surface area contributed by atoms with E-state index in [1.54, 1.807) is 0 Å². The maximum absolute atomic E-state index is 5.78. The van der Waals surface area contributed by atoms with Crippen molar-refractivity contribution in [2.24, 2.45) is 11.8 Å². The van der Waals surface area contributed by atoms with Crippen molar-refractivity contribution in [2.45, 2.75) is 40.0 Å². The summed E-state index contributed by atoms with van der Waals surface area (Å²) in [5.74, 6) is 3.56. The van der Waals surface area contributed by atoms with Crippen LogP contribution in [-0.4, -0.2) is 28.0 Å². The average molecular weight is 249 g/mol. The third-order valence-corrected chi connectivity index (χ3v) is 3.79. The summed E-state index contributed by atoms with van der Waals surface area (Å²) < 4.78 is 0. The van der Waals surface area contributed by atoms with Crippen LogP contribution in [0.5, 0.6) is 0 Å². The molecule has 0 amide bonds. The molecule has 1 aromatic heterocycles. The van der Waals surface area contributed by atoms with Gasteiger partial charge in [0.05, 0.1) is 0 Å². The van der Waals surface area contributed by atoms with Gasteiger partial charge in [-0.25, -0.2) is 0 Å². The summed E-state index contributed by atoms with van der Waals surface area (Å²) in [5, 5.41) is 0. The fraction of sp³-hybridized carbons (Fsp3) is 0.769. The number of rotatable bonds is 2. The van der Waals surface area contributed by atoms with E-state index in [0.717, 1.165) is 30.8 Å². The third kappa shape index (κ3) is 2.71. The molecule has 5 heteroatoms. The van der Waals surface area contributed by atoms with E-state index in [9.17, 15) is 0 Å². The smallest absolute Gasteiger partial charge is 0.230 e. The predicted octanol–water partition coefficient (Wildman–Crippen LogP) is 2.06. The fourth-order valence-corrected chi connectivity index (χ4v) is 2.24. The Hall–Kier alpha value is -1.39. The van der Waals surface area contributed by atoms with Gasteiger partial charge < -0.3 is 10.6 Å². The van der Waals surface area contributed by atoms with Gasteiger partial charge in [-0.05, 0) is 18.3 Å². The van der Waals surface area contributed by atoms with Crippen molar-refractivity contribution in [1.82, 2.24) is 15.0 Å². The molecule has 2 rings (SSSR count). The molecule has 0 bridgehead atoms. The first kappa shape index (κ1) is 13.1. The van der Waals surface area contributed by atoms with E-state index in [4.69, 9.17) is 5.73 Å². The van der Waals surface area contributed by atoms with Gasteiger partial charge in [0, 0.05) is 19.0 Å². The van der Waals surface area contributed by atoms with Crippen molar-refractivity contribution in [3.8, 4) is 0 Å². The van der Waals surface area contributed by atoms with Crippen LogP contribution in [0.15, 0.2) is 0 Å². The summed E-state index contributed by atoms with van der Waals surface area (Å²) in [4.78, 5) is 15.2. The Morgan fingerprint density at radius 1 is 1.17 bits per heavy atom. The van der Waals surface area contributed by atoms with E-state index in [1.165, 1.54) is 6.42 Å². The quantitative estimate of drug-likeness (QED) is 0.869. The lowest BCUT2D eigenvalue weighted by Crippen LogP contribution is -2.39. The maximum atomic E-state index is 5.78. The van der Waals surface area contributed by atoms with Crippen LogP contribution in [0.4, 0.5) is 11.9 Å². The number of piperidine rings is 1. The lowest BCUT2D eigenvalue weighted by Gasteiger charge is -2.35. The molecule has 0 aromatic carbocycles. The zero-order valence-corrected chi connectivity index (χ0v) is 11.7. The van der Waals surface area contributed by atoms with Gasteiger partial charge in [0.15, 0.2) is 0 Å². The molecule has 1 saturated heterocycles. The molecule has 0 aliphatic carbocycles. The van der Waals surface area contributed by atoms with Gasteiger partial charge >= 0.3 is 0 Å². The highest BCUT2D eigenvalue weighted by Gasteiger charge is 2.25. The molecular formula is C13H23N5. The highest BCUT2D eigenvalue weighted by Crippen LogP contribution is 2.25.